The molecule has 1 atom stereocenters. The lowest BCUT2D eigenvalue weighted by atomic mass is 10.0. The van der Waals surface area contributed by atoms with Crippen LogP contribution in [0.3, 0.4) is 0 Å². The van der Waals surface area contributed by atoms with Crippen molar-refractivity contribution in [1.82, 2.24) is 15.1 Å². The molecule has 0 aromatic heterocycles. The lowest BCUT2D eigenvalue weighted by Crippen LogP contribution is -2.51. The van der Waals surface area contributed by atoms with Crippen molar-refractivity contribution in [1.29, 1.82) is 0 Å². The SMILES string of the molecule is O=C(CNCc1ccc(Cl)c(Cl)c1)N1CCCCC1CN1CCCC1. The molecule has 2 heterocycles. The standard InChI is InChI=1S/C19H27Cl2N3O/c20-17-7-6-15(11-18(17)21)12-22-13-19(25)24-10-2-1-5-16(24)14-23-8-3-4-9-23/h6-7,11,16,22H,1-5,8-10,12-14H2. The van der Waals surface area contributed by atoms with Gasteiger partial charge in [0.25, 0.3) is 0 Å². The fraction of sp³-hybridized carbons (Fsp3) is 0.632. The molecule has 3 rings (SSSR count). The Bertz CT molecular complexity index is 590. The second-order valence-corrected chi connectivity index (χ2v) is 7.91. The average molecular weight is 384 g/mol. The van der Waals surface area contributed by atoms with Gasteiger partial charge in [0.2, 0.25) is 5.91 Å². The van der Waals surface area contributed by atoms with Crippen LogP contribution >= 0.6 is 23.2 Å². The minimum Gasteiger partial charge on any atom is -0.337 e. The maximum atomic E-state index is 12.7. The monoisotopic (exact) mass is 383 g/mol. The molecule has 2 saturated heterocycles. The first-order chi connectivity index (χ1) is 12.1. The van der Waals surface area contributed by atoms with Crippen LogP contribution < -0.4 is 5.32 Å². The van der Waals surface area contributed by atoms with Crippen LogP contribution in [0.1, 0.15) is 37.7 Å². The molecule has 2 aliphatic heterocycles. The number of halogens is 2. The number of carbonyl (C=O) groups is 1. The Morgan fingerprint density at radius 1 is 1.08 bits per heavy atom. The number of carbonyl (C=O) groups excluding carboxylic acids is 1. The maximum absolute atomic E-state index is 12.7. The fourth-order valence-corrected chi connectivity index (χ4v) is 4.17. The van der Waals surface area contributed by atoms with Gasteiger partial charge in [-0.15, -0.1) is 0 Å². The number of nitrogens with one attached hydrogen (secondary N) is 1. The minimum atomic E-state index is 0.212. The predicted octanol–water partition coefficient (Wildman–Crippen LogP) is 3.56. The summed E-state index contributed by atoms with van der Waals surface area (Å²) in [4.78, 5) is 17.3. The lowest BCUT2D eigenvalue weighted by Gasteiger charge is -2.38. The third-order valence-electron chi connectivity index (χ3n) is 5.20. The van der Waals surface area contributed by atoms with Crippen LogP contribution in [-0.2, 0) is 11.3 Å². The molecule has 0 saturated carbocycles. The number of rotatable bonds is 6. The van der Waals surface area contributed by atoms with Gasteiger partial charge in [0.1, 0.15) is 0 Å². The van der Waals surface area contributed by atoms with Gasteiger partial charge >= 0.3 is 0 Å². The molecule has 1 aromatic rings. The van der Waals surface area contributed by atoms with Crippen molar-refractivity contribution in [2.75, 3.05) is 32.7 Å². The largest absolute Gasteiger partial charge is 0.337 e. The molecule has 0 radical (unpaired) electrons. The number of hydrogen-bond donors (Lipinski definition) is 1. The summed E-state index contributed by atoms with van der Waals surface area (Å²) in [7, 11) is 0. The first-order valence-electron chi connectivity index (χ1n) is 9.30. The maximum Gasteiger partial charge on any atom is 0.236 e. The van der Waals surface area contributed by atoms with Gasteiger partial charge in [-0.05, 0) is 62.9 Å². The van der Waals surface area contributed by atoms with Crippen molar-refractivity contribution >= 4 is 29.1 Å². The second kappa shape index (κ2) is 9.22. The number of amides is 1. The molecule has 0 aliphatic carbocycles. The van der Waals surface area contributed by atoms with Gasteiger partial charge in [-0.25, -0.2) is 0 Å². The third kappa shape index (κ3) is 5.33. The fourth-order valence-electron chi connectivity index (χ4n) is 3.85. The summed E-state index contributed by atoms with van der Waals surface area (Å²) in [5.41, 5.74) is 1.04. The molecule has 2 aliphatic rings. The summed E-state index contributed by atoms with van der Waals surface area (Å²) in [5, 5.41) is 4.36. The summed E-state index contributed by atoms with van der Waals surface area (Å²) in [5.74, 6) is 0.212. The molecule has 1 unspecified atom stereocenters. The van der Waals surface area contributed by atoms with Crippen LogP contribution in [0.5, 0.6) is 0 Å². The van der Waals surface area contributed by atoms with Gasteiger partial charge in [-0.2, -0.15) is 0 Å². The molecule has 0 spiro atoms. The predicted molar refractivity (Wildman–Crippen MR) is 103 cm³/mol. The van der Waals surface area contributed by atoms with Crippen LogP contribution in [0.4, 0.5) is 0 Å². The molecule has 25 heavy (non-hydrogen) atoms. The number of benzene rings is 1. The Balaban J connectivity index is 1.48. The van der Waals surface area contributed by atoms with E-state index < -0.39 is 0 Å². The Kier molecular flexibility index (Phi) is 7.00. The average Bonchev–Trinajstić information content (AvgIpc) is 3.11. The highest BCUT2D eigenvalue weighted by atomic mass is 35.5. The molecular weight excluding hydrogens is 357 g/mol. The van der Waals surface area contributed by atoms with Crippen LogP contribution in [0.2, 0.25) is 10.0 Å². The van der Waals surface area contributed by atoms with Crippen molar-refractivity contribution in [2.45, 2.75) is 44.7 Å². The van der Waals surface area contributed by atoms with E-state index in [1.807, 2.05) is 12.1 Å². The first kappa shape index (κ1) is 19.0. The highest BCUT2D eigenvalue weighted by Gasteiger charge is 2.28. The van der Waals surface area contributed by atoms with Crippen molar-refractivity contribution in [3.8, 4) is 0 Å². The highest BCUT2D eigenvalue weighted by molar-refractivity contribution is 6.42. The molecule has 1 amide bonds. The number of nitrogens with zero attached hydrogens (tertiary/aromatic N) is 2. The van der Waals surface area contributed by atoms with E-state index in [-0.39, 0.29) is 5.91 Å². The summed E-state index contributed by atoms with van der Waals surface area (Å²) in [6, 6.07) is 5.95. The summed E-state index contributed by atoms with van der Waals surface area (Å²) < 4.78 is 0. The van der Waals surface area contributed by atoms with Crippen molar-refractivity contribution < 1.29 is 4.79 Å². The van der Waals surface area contributed by atoms with E-state index in [0.717, 1.165) is 31.5 Å². The van der Waals surface area contributed by atoms with Crippen LogP contribution in [0, 0.1) is 0 Å². The molecular formula is C19H27Cl2N3O. The topological polar surface area (TPSA) is 35.6 Å². The second-order valence-electron chi connectivity index (χ2n) is 7.10. The van der Waals surface area contributed by atoms with E-state index >= 15 is 0 Å². The summed E-state index contributed by atoms with van der Waals surface area (Å²) in [6.45, 7) is 5.30. The van der Waals surface area contributed by atoms with E-state index in [4.69, 9.17) is 23.2 Å². The van der Waals surface area contributed by atoms with Crippen LogP contribution in [0.15, 0.2) is 18.2 Å². The molecule has 0 bridgehead atoms. The third-order valence-corrected chi connectivity index (χ3v) is 5.94. The highest BCUT2D eigenvalue weighted by Crippen LogP contribution is 2.23. The Labute approximate surface area is 160 Å². The molecule has 2 fully saturated rings. The quantitative estimate of drug-likeness (QED) is 0.815. The van der Waals surface area contributed by atoms with Crippen LogP contribution in [0.25, 0.3) is 0 Å². The van der Waals surface area contributed by atoms with E-state index in [1.165, 1.54) is 32.4 Å². The number of hydrogen-bond acceptors (Lipinski definition) is 3. The van der Waals surface area contributed by atoms with Crippen molar-refractivity contribution in [3.63, 3.8) is 0 Å². The van der Waals surface area contributed by atoms with Crippen molar-refractivity contribution in [3.05, 3.63) is 33.8 Å². The zero-order chi connectivity index (χ0) is 17.6. The number of likely N-dealkylation sites (tertiary alicyclic amines) is 2. The Morgan fingerprint density at radius 2 is 1.84 bits per heavy atom. The number of piperidine rings is 1. The molecule has 1 N–H and O–H groups in total. The lowest BCUT2D eigenvalue weighted by molar-refractivity contribution is -0.134. The zero-order valence-corrected chi connectivity index (χ0v) is 16.2. The van der Waals surface area contributed by atoms with Crippen LogP contribution in [-0.4, -0.2) is 54.5 Å². The van der Waals surface area contributed by atoms with E-state index in [0.29, 0.717) is 29.2 Å². The smallest absolute Gasteiger partial charge is 0.236 e. The van der Waals surface area contributed by atoms with E-state index in [9.17, 15) is 4.79 Å². The normalized spacial score (nSPS) is 21.7. The zero-order valence-electron chi connectivity index (χ0n) is 14.6. The Hall–Kier alpha value is -0.810. The molecule has 6 heteroatoms. The van der Waals surface area contributed by atoms with Gasteiger partial charge in [0.15, 0.2) is 0 Å². The van der Waals surface area contributed by atoms with E-state index in [2.05, 4.69) is 15.1 Å². The minimum absolute atomic E-state index is 0.212. The molecule has 4 nitrogen and oxygen atoms in total. The molecule has 1 aromatic carbocycles. The van der Waals surface area contributed by atoms with Gasteiger partial charge in [0, 0.05) is 25.7 Å². The van der Waals surface area contributed by atoms with Gasteiger partial charge in [0.05, 0.1) is 16.6 Å². The Morgan fingerprint density at radius 3 is 2.60 bits per heavy atom. The summed E-state index contributed by atoms with van der Waals surface area (Å²) >= 11 is 12.0. The van der Waals surface area contributed by atoms with Gasteiger partial charge < -0.3 is 15.1 Å². The molecule has 138 valence electrons. The van der Waals surface area contributed by atoms with E-state index in [1.54, 1.807) is 6.07 Å². The summed E-state index contributed by atoms with van der Waals surface area (Å²) in [6.07, 6.45) is 6.08. The van der Waals surface area contributed by atoms with Crippen molar-refractivity contribution in [2.24, 2.45) is 0 Å². The van der Waals surface area contributed by atoms with Gasteiger partial charge in [-0.1, -0.05) is 29.3 Å². The van der Waals surface area contributed by atoms with Gasteiger partial charge in [-0.3, -0.25) is 4.79 Å². The first-order valence-corrected chi connectivity index (χ1v) is 10.1.